The Labute approximate surface area is 109 Å². The number of carbonyl (C=O) groups excluding carboxylic acids is 1. The molecular formula is C16H22O2. The smallest absolute Gasteiger partial charge is 0.166 e. The van der Waals surface area contributed by atoms with E-state index >= 15 is 0 Å². The molecule has 0 fully saturated rings. The van der Waals surface area contributed by atoms with Crippen molar-refractivity contribution < 1.29 is 9.21 Å². The Hall–Kier alpha value is -1.31. The second kappa shape index (κ2) is 5.13. The van der Waals surface area contributed by atoms with Crippen LogP contribution in [0, 0.1) is 5.41 Å². The lowest BCUT2D eigenvalue weighted by atomic mass is 9.77. The SMILES string of the molecule is CCCC/C=C/c1cc2c(o1)CC(C)(C)CC2=O. The van der Waals surface area contributed by atoms with Crippen LogP contribution in [0.25, 0.3) is 6.08 Å². The normalized spacial score (nSPS) is 18.3. The molecular weight excluding hydrogens is 224 g/mol. The van der Waals surface area contributed by atoms with E-state index < -0.39 is 0 Å². The molecule has 1 aliphatic carbocycles. The lowest BCUT2D eigenvalue weighted by molar-refractivity contribution is 0.0904. The van der Waals surface area contributed by atoms with E-state index in [0.717, 1.165) is 29.9 Å². The molecule has 98 valence electrons. The predicted molar refractivity (Wildman–Crippen MR) is 73.7 cm³/mol. The first-order valence-corrected chi connectivity index (χ1v) is 6.84. The largest absolute Gasteiger partial charge is 0.461 e. The van der Waals surface area contributed by atoms with Gasteiger partial charge in [-0.15, -0.1) is 0 Å². The van der Waals surface area contributed by atoms with Crippen molar-refractivity contribution in [1.82, 2.24) is 0 Å². The Bertz CT molecular complexity index is 463. The standard InChI is InChI=1S/C16H22O2/c1-4-5-6-7-8-12-9-13-14(17)10-16(2,3)11-15(13)18-12/h7-9H,4-6,10-11H2,1-3H3/b8-7+. The number of hydrogen-bond donors (Lipinski definition) is 0. The molecule has 1 aromatic heterocycles. The van der Waals surface area contributed by atoms with E-state index in [-0.39, 0.29) is 11.2 Å². The third-order valence-corrected chi connectivity index (χ3v) is 3.41. The molecule has 0 atom stereocenters. The van der Waals surface area contributed by atoms with Crippen LogP contribution in [0.4, 0.5) is 0 Å². The number of hydrogen-bond acceptors (Lipinski definition) is 2. The molecule has 0 aromatic carbocycles. The van der Waals surface area contributed by atoms with Gasteiger partial charge in [0.15, 0.2) is 5.78 Å². The molecule has 0 N–H and O–H groups in total. The fourth-order valence-electron chi connectivity index (χ4n) is 2.45. The van der Waals surface area contributed by atoms with Crippen molar-refractivity contribution in [2.75, 3.05) is 0 Å². The molecule has 0 radical (unpaired) electrons. The molecule has 0 unspecified atom stereocenters. The van der Waals surface area contributed by atoms with Crippen LogP contribution < -0.4 is 0 Å². The van der Waals surface area contributed by atoms with Crippen LogP contribution in [0.15, 0.2) is 16.6 Å². The summed E-state index contributed by atoms with van der Waals surface area (Å²) in [7, 11) is 0. The van der Waals surface area contributed by atoms with E-state index in [0.29, 0.717) is 6.42 Å². The van der Waals surface area contributed by atoms with Gasteiger partial charge in [-0.05, 0) is 24.0 Å². The molecule has 18 heavy (non-hydrogen) atoms. The summed E-state index contributed by atoms with van der Waals surface area (Å²) in [6, 6.07) is 1.90. The Morgan fingerprint density at radius 1 is 1.39 bits per heavy atom. The molecule has 2 nitrogen and oxygen atoms in total. The van der Waals surface area contributed by atoms with Crippen molar-refractivity contribution in [3.8, 4) is 0 Å². The number of rotatable bonds is 4. The third kappa shape index (κ3) is 2.92. The molecule has 0 saturated heterocycles. The van der Waals surface area contributed by atoms with Crippen LogP contribution in [0.3, 0.4) is 0 Å². The molecule has 0 aliphatic heterocycles. The van der Waals surface area contributed by atoms with Gasteiger partial charge in [-0.1, -0.05) is 39.7 Å². The molecule has 0 bridgehead atoms. The summed E-state index contributed by atoms with van der Waals surface area (Å²) in [5, 5.41) is 0. The maximum atomic E-state index is 12.0. The fourth-order valence-corrected chi connectivity index (χ4v) is 2.45. The highest BCUT2D eigenvalue weighted by molar-refractivity contribution is 5.99. The van der Waals surface area contributed by atoms with Gasteiger partial charge in [-0.3, -0.25) is 4.79 Å². The fraction of sp³-hybridized carbons (Fsp3) is 0.562. The van der Waals surface area contributed by atoms with Crippen molar-refractivity contribution in [3.63, 3.8) is 0 Å². The highest BCUT2D eigenvalue weighted by Crippen LogP contribution is 2.36. The minimum atomic E-state index is 0.0329. The molecule has 1 aromatic rings. The average Bonchev–Trinajstić information content (AvgIpc) is 2.66. The molecule has 1 aliphatic rings. The number of Topliss-reactive ketones (excluding diaryl/α,β-unsaturated/α-hetero) is 1. The topological polar surface area (TPSA) is 30.2 Å². The highest BCUT2D eigenvalue weighted by atomic mass is 16.3. The van der Waals surface area contributed by atoms with Crippen molar-refractivity contribution in [1.29, 1.82) is 0 Å². The number of carbonyl (C=O) groups is 1. The van der Waals surface area contributed by atoms with Gasteiger partial charge in [-0.2, -0.15) is 0 Å². The molecule has 2 rings (SSSR count). The molecule has 1 heterocycles. The van der Waals surface area contributed by atoms with E-state index in [2.05, 4.69) is 26.8 Å². The second-order valence-electron chi connectivity index (χ2n) is 5.97. The third-order valence-electron chi connectivity index (χ3n) is 3.41. The zero-order chi connectivity index (χ0) is 13.2. The van der Waals surface area contributed by atoms with Gasteiger partial charge in [0.1, 0.15) is 11.5 Å². The second-order valence-corrected chi connectivity index (χ2v) is 5.97. The van der Waals surface area contributed by atoms with Gasteiger partial charge in [-0.25, -0.2) is 0 Å². The minimum Gasteiger partial charge on any atom is -0.461 e. The van der Waals surface area contributed by atoms with E-state index in [4.69, 9.17) is 4.42 Å². The van der Waals surface area contributed by atoms with Crippen molar-refractivity contribution in [2.45, 2.75) is 52.9 Å². The first-order chi connectivity index (χ1) is 8.52. The maximum absolute atomic E-state index is 12.0. The Kier molecular flexibility index (Phi) is 3.74. The summed E-state index contributed by atoms with van der Waals surface area (Å²) in [5.74, 6) is 1.91. The van der Waals surface area contributed by atoms with Crippen LogP contribution >= 0.6 is 0 Å². The lowest BCUT2D eigenvalue weighted by Crippen LogP contribution is -2.25. The average molecular weight is 246 g/mol. The first-order valence-electron chi connectivity index (χ1n) is 6.84. The van der Waals surface area contributed by atoms with E-state index in [1.165, 1.54) is 12.8 Å². The van der Waals surface area contributed by atoms with Gasteiger partial charge < -0.3 is 4.42 Å². The number of allylic oxidation sites excluding steroid dienone is 1. The lowest BCUT2D eigenvalue weighted by Gasteiger charge is -2.26. The van der Waals surface area contributed by atoms with Crippen molar-refractivity contribution in [3.05, 3.63) is 29.2 Å². The molecule has 0 saturated carbocycles. The first kappa shape index (κ1) is 13.1. The summed E-state index contributed by atoms with van der Waals surface area (Å²) in [6.45, 7) is 6.42. The summed E-state index contributed by atoms with van der Waals surface area (Å²) >= 11 is 0. The van der Waals surface area contributed by atoms with Crippen LogP contribution in [0.5, 0.6) is 0 Å². The number of furan rings is 1. The predicted octanol–water partition coefficient (Wildman–Crippen LogP) is 4.64. The van der Waals surface area contributed by atoms with Gasteiger partial charge in [0.2, 0.25) is 0 Å². The number of unbranched alkanes of at least 4 members (excludes halogenated alkanes) is 2. The van der Waals surface area contributed by atoms with Gasteiger partial charge in [0, 0.05) is 12.8 Å². The van der Waals surface area contributed by atoms with Gasteiger partial charge >= 0.3 is 0 Å². The van der Waals surface area contributed by atoms with Crippen LogP contribution in [0.2, 0.25) is 0 Å². The zero-order valence-electron chi connectivity index (χ0n) is 11.6. The van der Waals surface area contributed by atoms with Crippen LogP contribution in [0.1, 0.15) is 68.3 Å². The monoisotopic (exact) mass is 246 g/mol. The molecule has 0 amide bonds. The highest BCUT2D eigenvalue weighted by Gasteiger charge is 2.33. The van der Waals surface area contributed by atoms with Crippen LogP contribution in [-0.4, -0.2) is 5.78 Å². The van der Waals surface area contributed by atoms with E-state index in [1.54, 1.807) is 0 Å². The maximum Gasteiger partial charge on any atom is 0.166 e. The number of ketones is 1. The summed E-state index contributed by atoms with van der Waals surface area (Å²) in [4.78, 5) is 12.0. The molecule has 0 spiro atoms. The van der Waals surface area contributed by atoms with E-state index in [9.17, 15) is 4.79 Å². The van der Waals surface area contributed by atoms with Crippen molar-refractivity contribution >= 4 is 11.9 Å². The minimum absolute atomic E-state index is 0.0329. The summed E-state index contributed by atoms with van der Waals surface area (Å²) < 4.78 is 5.78. The summed E-state index contributed by atoms with van der Waals surface area (Å²) in [6.07, 6.45) is 9.07. The van der Waals surface area contributed by atoms with Crippen molar-refractivity contribution in [2.24, 2.45) is 5.41 Å². The number of fused-ring (bicyclic) bond motifs is 1. The Morgan fingerprint density at radius 3 is 2.89 bits per heavy atom. The Balaban J connectivity index is 2.14. The Morgan fingerprint density at radius 2 is 2.17 bits per heavy atom. The van der Waals surface area contributed by atoms with Gasteiger partial charge in [0.05, 0.1) is 5.56 Å². The summed E-state index contributed by atoms with van der Waals surface area (Å²) in [5.41, 5.74) is 0.829. The zero-order valence-corrected chi connectivity index (χ0v) is 11.6. The van der Waals surface area contributed by atoms with Crippen LogP contribution in [-0.2, 0) is 6.42 Å². The molecule has 2 heteroatoms. The van der Waals surface area contributed by atoms with E-state index in [1.807, 2.05) is 12.1 Å². The quantitative estimate of drug-likeness (QED) is 0.724. The van der Waals surface area contributed by atoms with Gasteiger partial charge in [0.25, 0.3) is 0 Å².